The maximum absolute atomic E-state index is 11.5. The monoisotopic (exact) mass is 260 g/mol. The Labute approximate surface area is 116 Å². The molecule has 0 bridgehead atoms. The maximum atomic E-state index is 11.5. The first-order valence-corrected chi connectivity index (χ1v) is 7.35. The van der Waals surface area contributed by atoms with E-state index >= 15 is 0 Å². The van der Waals surface area contributed by atoms with Crippen LogP contribution < -0.4 is 5.32 Å². The molecule has 1 aliphatic rings. The Balaban J connectivity index is 1.77. The lowest BCUT2D eigenvalue weighted by Crippen LogP contribution is -2.30. The first-order valence-electron chi connectivity index (χ1n) is 7.35. The van der Waals surface area contributed by atoms with Gasteiger partial charge in [0.15, 0.2) is 5.78 Å². The predicted octanol–water partition coefficient (Wildman–Crippen LogP) is 3.18. The number of Topliss-reactive ketones (excluding diaryl/α,β-unsaturated/α-hetero) is 1. The van der Waals surface area contributed by atoms with E-state index in [9.17, 15) is 4.79 Å². The Kier molecular flexibility index (Phi) is 4.97. The van der Waals surface area contributed by atoms with E-state index in [0.717, 1.165) is 36.9 Å². The number of hydrogen-bond donors (Lipinski definition) is 1. The van der Waals surface area contributed by atoms with E-state index in [2.05, 4.69) is 17.1 Å². The first kappa shape index (κ1) is 14.1. The van der Waals surface area contributed by atoms with Gasteiger partial charge in [0, 0.05) is 36.8 Å². The Morgan fingerprint density at radius 1 is 1.26 bits per heavy atom. The van der Waals surface area contributed by atoms with Crippen molar-refractivity contribution in [1.82, 2.24) is 4.90 Å². The molecular weight excluding hydrogens is 236 g/mol. The lowest BCUT2D eigenvalue weighted by atomic mass is 10.1. The lowest BCUT2D eigenvalue weighted by Gasteiger charge is -2.20. The van der Waals surface area contributed by atoms with Gasteiger partial charge in [-0.15, -0.1) is 0 Å². The minimum absolute atomic E-state index is 0.206. The standard InChI is InChI=1S/C16H24N2O/c1-3-16(19)13-5-7-14(8-6-13)17-11-12-18(4-2)15-9-10-15/h5-8,15,17H,3-4,9-12H2,1-2H3. The fourth-order valence-electron chi connectivity index (χ4n) is 2.36. The van der Waals surface area contributed by atoms with E-state index in [1.807, 2.05) is 31.2 Å². The van der Waals surface area contributed by atoms with Gasteiger partial charge in [0.05, 0.1) is 0 Å². The molecule has 1 saturated carbocycles. The third-order valence-electron chi connectivity index (χ3n) is 3.73. The quantitative estimate of drug-likeness (QED) is 0.729. The third kappa shape index (κ3) is 4.06. The molecule has 0 spiro atoms. The van der Waals surface area contributed by atoms with Gasteiger partial charge >= 0.3 is 0 Å². The summed E-state index contributed by atoms with van der Waals surface area (Å²) in [6.45, 7) is 7.31. The molecule has 1 aliphatic carbocycles. The van der Waals surface area contributed by atoms with Crippen LogP contribution in [0.15, 0.2) is 24.3 Å². The van der Waals surface area contributed by atoms with Gasteiger partial charge < -0.3 is 5.32 Å². The van der Waals surface area contributed by atoms with Crippen LogP contribution in [-0.4, -0.2) is 36.4 Å². The fraction of sp³-hybridized carbons (Fsp3) is 0.562. The zero-order chi connectivity index (χ0) is 13.7. The van der Waals surface area contributed by atoms with Crippen LogP contribution in [0.1, 0.15) is 43.5 Å². The molecule has 1 N–H and O–H groups in total. The van der Waals surface area contributed by atoms with E-state index in [4.69, 9.17) is 0 Å². The summed E-state index contributed by atoms with van der Waals surface area (Å²) in [6, 6.07) is 8.64. The SMILES string of the molecule is CCC(=O)c1ccc(NCCN(CC)C2CC2)cc1. The Morgan fingerprint density at radius 2 is 1.95 bits per heavy atom. The number of carbonyl (C=O) groups is 1. The average Bonchev–Trinajstić information content (AvgIpc) is 3.28. The molecule has 19 heavy (non-hydrogen) atoms. The van der Waals surface area contributed by atoms with E-state index in [0.29, 0.717) is 6.42 Å². The fourth-order valence-corrected chi connectivity index (χ4v) is 2.36. The van der Waals surface area contributed by atoms with E-state index in [1.54, 1.807) is 0 Å². The van der Waals surface area contributed by atoms with Gasteiger partial charge in [0.2, 0.25) is 0 Å². The summed E-state index contributed by atoms with van der Waals surface area (Å²) in [4.78, 5) is 14.1. The molecule has 0 radical (unpaired) electrons. The van der Waals surface area contributed by atoms with Crippen LogP contribution in [-0.2, 0) is 0 Å². The summed E-state index contributed by atoms with van der Waals surface area (Å²) >= 11 is 0. The summed E-state index contributed by atoms with van der Waals surface area (Å²) in [6.07, 6.45) is 3.29. The minimum Gasteiger partial charge on any atom is -0.384 e. The first-order chi connectivity index (χ1) is 9.24. The van der Waals surface area contributed by atoms with Gasteiger partial charge in [-0.3, -0.25) is 9.69 Å². The minimum atomic E-state index is 0.206. The average molecular weight is 260 g/mol. The zero-order valence-electron chi connectivity index (χ0n) is 12.0. The second kappa shape index (κ2) is 6.71. The van der Waals surface area contributed by atoms with Gasteiger partial charge in [-0.1, -0.05) is 13.8 Å². The van der Waals surface area contributed by atoms with Gasteiger partial charge in [-0.2, -0.15) is 0 Å². The van der Waals surface area contributed by atoms with Crippen LogP contribution in [0, 0.1) is 0 Å². The molecule has 1 aromatic carbocycles. The molecule has 0 saturated heterocycles. The van der Waals surface area contributed by atoms with Gasteiger partial charge in [0.1, 0.15) is 0 Å². The van der Waals surface area contributed by atoms with Crippen LogP contribution in [0.5, 0.6) is 0 Å². The number of nitrogens with zero attached hydrogens (tertiary/aromatic N) is 1. The largest absolute Gasteiger partial charge is 0.384 e. The molecule has 0 aromatic heterocycles. The Bertz CT molecular complexity index is 409. The van der Waals surface area contributed by atoms with Crippen LogP contribution in [0.2, 0.25) is 0 Å². The molecule has 104 valence electrons. The number of rotatable bonds is 8. The zero-order valence-corrected chi connectivity index (χ0v) is 12.0. The normalized spacial score (nSPS) is 14.7. The lowest BCUT2D eigenvalue weighted by molar-refractivity contribution is 0.0988. The molecule has 0 heterocycles. The van der Waals surface area contributed by atoms with Crippen LogP contribution >= 0.6 is 0 Å². The van der Waals surface area contributed by atoms with E-state index in [1.165, 1.54) is 12.8 Å². The number of hydrogen-bond acceptors (Lipinski definition) is 3. The van der Waals surface area contributed by atoms with Gasteiger partial charge in [-0.25, -0.2) is 0 Å². The molecule has 0 unspecified atom stereocenters. The summed E-state index contributed by atoms with van der Waals surface area (Å²) in [5.74, 6) is 0.206. The highest BCUT2D eigenvalue weighted by atomic mass is 16.1. The van der Waals surface area contributed by atoms with Crippen LogP contribution in [0.4, 0.5) is 5.69 Å². The molecule has 0 atom stereocenters. The van der Waals surface area contributed by atoms with Crippen molar-refractivity contribution >= 4 is 11.5 Å². The van der Waals surface area contributed by atoms with Crippen molar-refractivity contribution in [3.63, 3.8) is 0 Å². The van der Waals surface area contributed by atoms with Gasteiger partial charge in [-0.05, 0) is 43.7 Å². The molecule has 1 aromatic rings. The molecule has 3 nitrogen and oxygen atoms in total. The summed E-state index contributed by atoms with van der Waals surface area (Å²) in [5, 5.41) is 3.42. The number of anilines is 1. The smallest absolute Gasteiger partial charge is 0.162 e. The topological polar surface area (TPSA) is 32.3 Å². The number of nitrogens with one attached hydrogen (secondary N) is 1. The highest BCUT2D eigenvalue weighted by Crippen LogP contribution is 2.26. The van der Waals surface area contributed by atoms with Crippen molar-refractivity contribution in [2.75, 3.05) is 25.0 Å². The van der Waals surface area contributed by atoms with Crippen molar-refractivity contribution in [2.45, 2.75) is 39.2 Å². The number of carbonyl (C=O) groups excluding carboxylic acids is 1. The van der Waals surface area contributed by atoms with Crippen molar-refractivity contribution in [1.29, 1.82) is 0 Å². The predicted molar refractivity (Wildman–Crippen MR) is 79.8 cm³/mol. The number of ketones is 1. The van der Waals surface area contributed by atoms with Crippen molar-refractivity contribution < 1.29 is 4.79 Å². The molecule has 1 fully saturated rings. The van der Waals surface area contributed by atoms with Crippen molar-refractivity contribution in [3.8, 4) is 0 Å². The van der Waals surface area contributed by atoms with Crippen LogP contribution in [0.25, 0.3) is 0 Å². The summed E-state index contributed by atoms with van der Waals surface area (Å²) in [7, 11) is 0. The highest BCUT2D eigenvalue weighted by molar-refractivity contribution is 5.96. The summed E-state index contributed by atoms with van der Waals surface area (Å²) < 4.78 is 0. The van der Waals surface area contributed by atoms with E-state index < -0.39 is 0 Å². The van der Waals surface area contributed by atoms with Crippen LogP contribution in [0.3, 0.4) is 0 Å². The third-order valence-corrected chi connectivity index (χ3v) is 3.73. The second-order valence-electron chi connectivity index (χ2n) is 5.14. The van der Waals surface area contributed by atoms with Crippen molar-refractivity contribution in [2.24, 2.45) is 0 Å². The molecular formula is C16H24N2O. The van der Waals surface area contributed by atoms with Gasteiger partial charge in [0.25, 0.3) is 0 Å². The molecule has 3 heteroatoms. The highest BCUT2D eigenvalue weighted by Gasteiger charge is 2.26. The second-order valence-corrected chi connectivity index (χ2v) is 5.14. The Hall–Kier alpha value is -1.35. The maximum Gasteiger partial charge on any atom is 0.162 e. The number of likely N-dealkylation sites (N-methyl/N-ethyl adjacent to an activating group) is 1. The molecule has 0 amide bonds. The van der Waals surface area contributed by atoms with E-state index in [-0.39, 0.29) is 5.78 Å². The molecule has 2 rings (SSSR count). The number of benzene rings is 1. The Morgan fingerprint density at radius 3 is 2.47 bits per heavy atom. The summed E-state index contributed by atoms with van der Waals surface area (Å²) in [5.41, 5.74) is 1.90. The molecule has 0 aliphatic heterocycles. The van der Waals surface area contributed by atoms with Crippen molar-refractivity contribution in [3.05, 3.63) is 29.8 Å².